The van der Waals surface area contributed by atoms with Crippen molar-refractivity contribution in [1.82, 2.24) is 20.3 Å². The number of fused-ring (bicyclic) bond motifs is 1. The lowest BCUT2D eigenvalue weighted by atomic mass is 9.74. The zero-order valence-corrected chi connectivity index (χ0v) is 13.7. The topological polar surface area (TPSA) is 50.7 Å². The quantitative estimate of drug-likeness (QED) is 0.937. The van der Waals surface area contributed by atoms with E-state index in [-0.39, 0.29) is 5.41 Å². The zero-order valence-electron chi connectivity index (χ0n) is 12.9. The van der Waals surface area contributed by atoms with Crippen molar-refractivity contribution < 1.29 is 0 Å². The van der Waals surface area contributed by atoms with Gasteiger partial charge in [-0.15, -0.1) is 11.3 Å². The Morgan fingerprint density at radius 2 is 2.24 bits per heavy atom. The molecule has 5 heteroatoms. The monoisotopic (exact) mass is 302 g/mol. The number of nitrogens with zero attached hydrogens (tertiary/aromatic N) is 3. The summed E-state index contributed by atoms with van der Waals surface area (Å²) < 4.78 is 0. The first-order chi connectivity index (χ1) is 10.1. The fourth-order valence-corrected chi connectivity index (χ4v) is 3.52. The Balaban J connectivity index is 1.96. The van der Waals surface area contributed by atoms with Crippen molar-refractivity contribution in [3.8, 4) is 11.5 Å². The van der Waals surface area contributed by atoms with Gasteiger partial charge in [-0.05, 0) is 31.2 Å². The summed E-state index contributed by atoms with van der Waals surface area (Å²) in [6.45, 7) is 7.88. The molecule has 0 aromatic carbocycles. The standard InChI is InChI=1S/C16H22N4S/c1-4-5-17-12-6-16(2,3)7-13-11(12)8-18-15(20-13)14-9-21-10-19-14/h8-10,12,17H,4-7H2,1-3H3. The van der Waals surface area contributed by atoms with Gasteiger partial charge in [0, 0.05) is 28.9 Å². The van der Waals surface area contributed by atoms with Crippen molar-refractivity contribution in [2.24, 2.45) is 5.41 Å². The second-order valence-corrected chi connectivity index (χ2v) is 7.24. The van der Waals surface area contributed by atoms with Gasteiger partial charge in [-0.3, -0.25) is 0 Å². The summed E-state index contributed by atoms with van der Waals surface area (Å²) in [6, 6.07) is 0.369. The van der Waals surface area contributed by atoms with Gasteiger partial charge in [0.15, 0.2) is 5.82 Å². The molecular formula is C16H22N4S. The number of rotatable bonds is 4. The van der Waals surface area contributed by atoms with Crippen LogP contribution in [0.25, 0.3) is 11.5 Å². The van der Waals surface area contributed by atoms with Crippen molar-refractivity contribution in [2.75, 3.05) is 6.54 Å². The van der Waals surface area contributed by atoms with Gasteiger partial charge in [0.1, 0.15) is 5.69 Å². The average Bonchev–Trinajstić information content (AvgIpc) is 2.97. The summed E-state index contributed by atoms with van der Waals surface area (Å²) in [6.07, 6.45) is 5.29. The minimum atomic E-state index is 0.270. The molecule has 0 saturated carbocycles. The molecule has 0 saturated heterocycles. The molecule has 1 aliphatic carbocycles. The Morgan fingerprint density at radius 1 is 1.38 bits per heavy atom. The first-order valence-electron chi connectivity index (χ1n) is 7.57. The maximum atomic E-state index is 4.80. The molecule has 2 heterocycles. The lowest BCUT2D eigenvalue weighted by molar-refractivity contribution is 0.254. The van der Waals surface area contributed by atoms with Crippen LogP contribution in [0.4, 0.5) is 0 Å². The van der Waals surface area contributed by atoms with Crippen molar-refractivity contribution in [3.63, 3.8) is 0 Å². The van der Waals surface area contributed by atoms with E-state index in [1.165, 1.54) is 11.3 Å². The van der Waals surface area contributed by atoms with Gasteiger partial charge in [0.2, 0.25) is 0 Å². The molecular weight excluding hydrogens is 280 g/mol. The van der Waals surface area contributed by atoms with Gasteiger partial charge in [-0.1, -0.05) is 20.8 Å². The Labute approximate surface area is 130 Å². The number of hydrogen-bond donors (Lipinski definition) is 1. The van der Waals surface area contributed by atoms with Crippen LogP contribution in [0.1, 0.15) is 50.9 Å². The zero-order chi connectivity index (χ0) is 14.9. The molecule has 1 unspecified atom stereocenters. The molecule has 0 fully saturated rings. The summed E-state index contributed by atoms with van der Waals surface area (Å²) in [5.74, 6) is 0.752. The first kappa shape index (κ1) is 14.6. The van der Waals surface area contributed by atoms with Crippen molar-refractivity contribution in [1.29, 1.82) is 0 Å². The van der Waals surface area contributed by atoms with Crippen LogP contribution in [-0.2, 0) is 6.42 Å². The van der Waals surface area contributed by atoms with Gasteiger partial charge >= 0.3 is 0 Å². The molecule has 3 rings (SSSR count). The second kappa shape index (κ2) is 5.81. The number of aromatic nitrogens is 3. The lowest BCUT2D eigenvalue weighted by Crippen LogP contribution is -2.34. The van der Waals surface area contributed by atoms with Crippen LogP contribution in [0.3, 0.4) is 0 Å². The van der Waals surface area contributed by atoms with E-state index < -0.39 is 0 Å². The van der Waals surface area contributed by atoms with Crippen LogP contribution in [0.15, 0.2) is 17.1 Å². The summed E-state index contributed by atoms with van der Waals surface area (Å²) >= 11 is 1.58. The Hall–Kier alpha value is -1.33. The molecule has 0 bridgehead atoms. The molecule has 0 radical (unpaired) electrons. The molecule has 112 valence electrons. The summed E-state index contributed by atoms with van der Waals surface area (Å²) in [5.41, 5.74) is 5.42. The second-order valence-electron chi connectivity index (χ2n) is 6.52. The molecule has 4 nitrogen and oxygen atoms in total. The Morgan fingerprint density at radius 3 is 2.95 bits per heavy atom. The van der Waals surface area contributed by atoms with E-state index in [2.05, 4.69) is 36.1 Å². The number of thiazole rings is 1. The highest BCUT2D eigenvalue weighted by molar-refractivity contribution is 7.07. The van der Waals surface area contributed by atoms with E-state index in [0.717, 1.165) is 37.3 Å². The van der Waals surface area contributed by atoms with Gasteiger partial charge in [0.25, 0.3) is 0 Å². The van der Waals surface area contributed by atoms with Crippen LogP contribution < -0.4 is 5.32 Å². The van der Waals surface area contributed by atoms with E-state index in [1.807, 2.05) is 17.1 Å². The predicted octanol–water partition coefficient (Wildman–Crippen LogP) is 3.61. The van der Waals surface area contributed by atoms with Crippen LogP contribution in [-0.4, -0.2) is 21.5 Å². The maximum absolute atomic E-state index is 4.80. The Bertz CT molecular complexity index is 607. The minimum Gasteiger partial charge on any atom is -0.310 e. The molecule has 1 N–H and O–H groups in total. The lowest BCUT2D eigenvalue weighted by Gasteiger charge is -2.36. The third kappa shape index (κ3) is 3.14. The van der Waals surface area contributed by atoms with Gasteiger partial charge in [-0.2, -0.15) is 0 Å². The largest absolute Gasteiger partial charge is 0.310 e. The molecule has 2 aromatic rings. The molecule has 0 aliphatic heterocycles. The fraction of sp³-hybridized carbons (Fsp3) is 0.562. The van der Waals surface area contributed by atoms with Crippen molar-refractivity contribution >= 4 is 11.3 Å². The summed E-state index contributed by atoms with van der Waals surface area (Å²) in [4.78, 5) is 13.7. The van der Waals surface area contributed by atoms with Crippen molar-refractivity contribution in [3.05, 3.63) is 28.3 Å². The highest BCUT2D eigenvalue weighted by atomic mass is 32.1. The third-order valence-electron chi connectivity index (χ3n) is 3.98. The molecule has 0 amide bonds. The molecule has 21 heavy (non-hydrogen) atoms. The van der Waals surface area contributed by atoms with Gasteiger partial charge < -0.3 is 5.32 Å². The minimum absolute atomic E-state index is 0.270. The summed E-state index contributed by atoms with van der Waals surface area (Å²) in [5, 5.41) is 5.65. The van der Waals surface area contributed by atoms with Crippen LogP contribution >= 0.6 is 11.3 Å². The SMILES string of the molecule is CCCNC1CC(C)(C)Cc2nc(-c3cscn3)ncc21. The highest BCUT2D eigenvalue weighted by Gasteiger charge is 2.33. The molecule has 2 aromatic heterocycles. The van der Waals surface area contributed by atoms with Crippen molar-refractivity contribution in [2.45, 2.75) is 46.1 Å². The average molecular weight is 302 g/mol. The first-order valence-corrected chi connectivity index (χ1v) is 8.51. The third-order valence-corrected chi connectivity index (χ3v) is 4.57. The maximum Gasteiger partial charge on any atom is 0.179 e. The predicted molar refractivity (Wildman–Crippen MR) is 86.3 cm³/mol. The van der Waals surface area contributed by atoms with E-state index in [1.54, 1.807) is 11.3 Å². The van der Waals surface area contributed by atoms with Crippen LogP contribution in [0.5, 0.6) is 0 Å². The number of hydrogen-bond acceptors (Lipinski definition) is 5. The van der Waals surface area contributed by atoms with Gasteiger partial charge in [0.05, 0.1) is 5.51 Å². The molecule has 1 atom stereocenters. The molecule has 0 spiro atoms. The smallest absolute Gasteiger partial charge is 0.179 e. The summed E-state index contributed by atoms with van der Waals surface area (Å²) in [7, 11) is 0. The fourth-order valence-electron chi connectivity index (χ4n) is 2.99. The van der Waals surface area contributed by atoms with E-state index in [0.29, 0.717) is 6.04 Å². The van der Waals surface area contributed by atoms with E-state index in [9.17, 15) is 0 Å². The molecule has 1 aliphatic rings. The number of nitrogens with one attached hydrogen (secondary N) is 1. The van der Waals surface area contributed by atoms with Crippen LogP contribution in [0, 0.1) is 5.41 Å². The van der Waals surface area contributed by atoms with Crippen LogP contribution in [0.2, 0.25) is 0 Å². The van der Waals surface area contributed by atoms with E-state index >= 15 is 0 Å². The normalized spacial score (nSPS) is 20.2. The van der Waals surface area contributed by atoms with Gasteiger partial charge in [-0.25, -0.2) is 15.0 Å². The van der Waals surface area contributed by atoms with E-state index in [4.69, 9.17) is 4.98 Å². The Kier molecular flexibility index (Phi) is 4.04. The highest BCUT2D eigenvalue weighted by Crippen LogP contribution is 2.40.